The van der Waals surface area contributed by atoms with Crippen LogP contribution >= 0.6 is 0 Å². The van der Waals surface area contributed by atoms with Gasteiger partial charge in [-0.15, -0.1) is 0 Å². The average Bonchev–Trinajstić information content (AvgIpc) is 2.20. The van der Waals surface area contributed by atoms with E-state index in [0.717, 1.165) is 6.07 Å². The van der Waals surface area contributed by atoms with E-state index in [1.165, 1.54) is 13.2 Å². The minimum Gasteiger partial charge on any atom is -0.502 e. The van der Waals surface area contributed by atoms with E-state index in [2.05, 4.69) is 0 Å². The zero-order valence-electron chi connectivity index (χ0n) is 7.83. The lowest BCUT2D eigenvalue weighted by atomic mass is 10.1. The summed E-state index contributed by atoms with van der Waals surface area (Å²) in [7, 11) is 1.34. The molecule has 0 aliphatic carbocycles. The first-order valence-corrected chi connectivity index (χ1v) is 4.12. The molecule has 78 valence electrons. The topological polar surface area (TPSA) is 81.5 Å². The fourth-order valence-corrected chi connectivity index (χ4v) is 1.10. The van der Waals surface area contributed by atoms with Gasteiger partial charge in [0, 0.05) is 12.6 Å². The van der Waals surface area contributed by atoms with Gasteiger partial charge in [-0.3, -0.25) is 0 Å². The molecular weight excluding hydrogens is 187 g/mol. The van der Waals surface area contributed by atoms with Crippen LogP contribution in [-0.4, -0.2) is 18.8 Å². The number of ether oxygens (including phenoxy) is 1. The molecule has 1 aromatic carbocycles. The van der Waals surface area contributed by atoms with Gasteiger partial charge in [0.25, 0.3) is 0 Å². The van der Waals surface area contributed by atoms with Crippen molar-refractivity contribution in [2.75, 3.05) is 13.7 Å². The van der Waals surface area contributed by atoms with E-state index in [-0.39, 0.29) is 12.3 Å². The van der Waals surface area contributed by atoms with Gasteiger partial charge in [-0.2, -0.15) is 0 Å². The van der Waals surface area contributed by atoms with Gasteiger partial charge in [-0.25, -0.2) is 4.39 Å². The number of rotatable bonds is 3. The van der Waals surface area contributed by atoms with Crippen molar-refractivity contribution in [3.63, 3.8) is 0 Å². The van der Waals surface area contributed by atoms with Crippen LogP contribution in [0.4, 0.5) is 4.39 Å². The molecule has 4 nitrogen and oxygen atoms in total. The lowest BCUT2D eigenvalue weighted by Crippen LogP contribution is -2.20. The molecule has 0 heterocycles. The van der Waals surface area contributed by atoms with E-state index in [0.29, 0.717) is 5.56 Å². The van der Waals surface area contributed by atoms with Gasteiger partial charge in [-0.05, 0) is 17.7 Å². The SMILES string of the molecule is COc1cc([C@@H](N)CN)cc(F)c1O. The van der Waals surface area contributed by atoms with Crippen LogP contribution in [0.25, 0.3) is 0 Å². The number of aromatic hydroxyl groups is 1. The van der Waals surface area contributed by atoms with Crippen LogP contribution in [0.5, 0.6) is 11.5 Å². The minimum absolute atomic E-state index is 0.0592. The standard InChI is InChI=1S/C9H13FN2O2/c1-14-8-3-5(7(12)4-11)2-6(10)9(8)13/h2-3,7,13H,4,11-12H2,1H3/t7-/m0/s1. The van der Waals surface area contributed by atoms with E-state index in [1.54, 1.807) is 0 Å². The van der Waals surface area contributed by atoms with Crippen LogP contribution in [0.1, 0.15) is 11.6 Å². The fourth-order valence-electron chi connectivity index (χ4n) is 1.10. The molecule has 5 N–H and O–H groups in total. The summed E-state index contributed by atoms with van der Waals surface area (Å²) < 4.78 is 17.9. The number of nitrogens with two attached hydrogens (primary N) is 2. The third kappa shape index (κ3) is 1.94. The van der Waals surface area contributed by atoms with E-state index in [4.69, 9.17) is 16.2 Å². The molecule has 0 saturated heterocycles. The highest BCUT2D eigenvalue weighted by Crippen LogP contribution is 2.31. The molecule has 0 amide bonds. The molecule has 5 heteroatoms. The number of phenols is 1. The normalized spacial score (nSPS) is 12.6. The first-order chi connectivity index (χ1) is 6.60. The van der Waals surface area contributed by atoms with Crippen molar-refractivity contribution in [3.05, 3.63) is 23.5 Å². The highest BCUT2D eigenvalue weighted by atomic mass is 19.1. The molecule has 14 heavy (non-hydrogen) atoms. The maximum absolute atomic E-state index is 13.1. The molecule has 0 aliphatic rings. The first kappa shape index (κ1) is 10.7. The summed E-state index contributed by atoms with van der Waals surface area (Å²) in [5.41, 5.74) is 11.4. The molecule has 1 rings (SSSR count). The average molecular weight is 200 g/mol. The van der Waals surface area contributed by atoms with E-state index in [9.17, 15) is 9.50 Å². The quantitative estimate of drug-likeness (QED) is 0.663. The summed E-state index contributed by atoms with van der Waals surface area (Å²) in [5.74, 6) is -1.22. The number of benzene rings is 1. The second-order valence-corrected chi connectivity index (χ2v) is 2.90. The van der Waals surface area contributed by atoms with Crippen molar-refractivity contribution >= 4 is 0 Å². The summed E-state index contributed by atoms with van der Waals surface area (Å²) in [6, 6.07) is 2.16. The van der Waals surface area contributed by atoms with Crippen LogP contribution < -0.4 is 16.2 Å². The van der Waals surface area contributed by atoms with Gasteiger partial charge in [0.05, 0.1) is 7.11 Å². The summed E-state index contributed by atoms with van der Waals surface area (Å²) >= 11 is 0. The molecule has 0 aromatic heterocycles. The van der Waals surface area contributed by atoms with Crippen molar-refractivity contribution in [3.8, 4) is 11.5 Å². The second kappa shape index (κ2) is 4.26. The number of hydrogen-bond acceptors (Lipinski definition) is 4. The van der Waals surface area contributed by atoms with Crippen LogP contribution in [0.15, 0.2) is 12.1 Å². The highest BCUT2D eigenvalue weighted by molar-refractivity contribution is 5.44. The van der Waals surface area contributed by atoms with Crippen molar-refractivity contribution in [2.24, 2.45) is 11.5 Å². The molecule has 0 aliphatic heterocycles. The number of halogens is 1. The Hall–Kier alpha value is -1.33. The second-order valence-electron chi connectivity index (χ2n) is 2.90. The Bertz CT molecular complexity index is 331. The van der Waals surface area contributed by atoms with E-state index >= 15 is 0 Å². The fraction of sp³-hybridized carbons (Fsp3) is 0.333. The van der Waals surface area contributed by atoms with Gasteiger partial charge in [0.2, 0.25) is 0 Å². The third-order valence-corrected chi connectivity index (χ3v) is 1.95. The smallest absolute Gasteiger partial charge is 0.194 e. The molecule has 0 saturated carbocycles. The molecular formula is C9H13FN2O2. The molecule has 0 unspecified atom stereocenters. The first-order valence-electron chi connectivity index (χ1n) is 4.12. The van der Waals surface area contributed by atoms with Gasteiger partial charge in [-0.1, -0.05) is 0 Å². The molecule has 0 radical (unpaired) electrons. The molecule has 1 aromatic rings. The zero-order valence-corrected chi connectivity index (χ0v) is 7.83. The molecule has 0 fully saturated rings. The predicted molar refractivity (Wildman–Crippen MR) is 50.6 cm³/mol. The van der Waals surface area contributed by atoms with Gasteiger partial charge < -0.3 is 21.3 Å². The highest BCUT2D eigenvalue weighted by Gasteiger charge is 2.13. The predicted octanol–water partition coefficient (Wildman–Crippen LogP) is 0.498. The van der Waals surface area contributed by atoms with Crippen LogP contribution in [-0.2, 0) is 0 Å². The van der Waals surface area contributed by atoms with Crippen LogP contribution in [0.3, 0.4) is 0 Å². The van der Waals surface area contributed by atoms with Crippen molar-refractivity contribution < 1.29 is 14.2 Å². The third-order valence-electron chi connectivity index (χ3n) is 1.95. The molecule has 0 bridgehead atoms. The monoisotopic (exact) mass is 200 g/mol. The Balaban J connectivity index is 3.16. The Kier molecular flexibility index (Phi) is 3.27. The zero-order chi connectivity index (χ0) is 10.7. The summed E-state index contributed by atoms with van der Waals surface area (Å²) in [6.45, 7) is 0.202. The Morgan fingerprint density at radius 3 is 2.71 bits per heavy atom. The van der Waals surface area contributed by atoms with E-state index in [1.807, 2.05) is 0 Å². The van der Waals surface area contributed by atoms with Crippen molar-refractivity contribution in [2.45, 2.75) is 6.04 Å². The number of methoxy groups -OCH3 is 1. The number of phenolic OH excluding ortho intramolecular Hbond substituents is 1. The summed E-state index contributed by atoms with van der Waals surface area (Å²) in [5, 5.41) is 9.20. The van der Waals surface area contributed by atoms with Gasteiger partial charge in [0.1, 0.15) is 0 Å². The summed E-state index contributed by atoms with van der Waals surface area (Å²) in [4.78, 5) is 0. The maximum atomic E-state index is 13.1. The molecule has 0 spiro atoms. The van der Waals surface area contributed by atoms with Crippen LogP contribution in [0, 0.1) is 5.82 Å². The van der Waals surface area contributed by atoms with Crippen molar-refractivity contribution in [1.82, 2.24) is 0 Å². The molecule has 1 atom stereocenters. The Labute approximate surface area is 81.3 Å². The lowest BCUT2D eigenvalue weighted by molar-refractivity contribution is 0.356. The van der Waals surface area contributed by atoms with Gasteiger partial charge >= 0.3 is 0 Å². The van der Waals surface area contributed by atoms with Crippen molar-refractivity contribution in [1.29, 1.82) is 0 Å². The Morgan fingerprint density at radius 2 is 2.21 bits per heavy atom. The minimum atomic E-state index is -0.761. The largest absolute Gasteiger partial charge is 0.502 e. The summed E-state index contributed by atoms with van der Waals surface area (Å²) in [6.07, 6.45) is 0. The lowest BCUT2D eigenvalue weighted by Gasteiger charge is -2.12. The van der Waals surface area contributed by atoms with Gasteiger partial charge in [0.15, 0.2) is 17.3 Å². The Morgan fingerprint density at radius 1 is 1.57 bits per heavy atom. The van der Waals surface area contributed by atoms with Crippen LogP contribution in [0.2, 0.25) is 0 Å². The van der Waals surface area contributed by atoms with E-state index < -0.39 is 17.6 Å². The maximum Gasteiger partial charge on any atom is 0.194 e. The number of hydrogen-bond donors (Lipinski definition) is 3.